The molecule has 2 aromatic rings. The van der Waals surface area contributed by atoms with Gasteiger partial charge in [-0.05, 0) is 17.7 Å². The second-order valence-corrected chi connectivity index (χ2v) is 4.93. The SMILES string of the molecule is COCc1nnn2c1CC(=O)Cc1ccc(Cl)cc1-2. The zero-order valence-electron chi connectivity index (χ0n) is 10.4. The molecule has 0 aliphatic carbocycles. The summed E-state index contributed by atoms with van der Waals surface area (Å²) in [4.78, 5) is 12.0. The fourth-order valence-corrected chi connectivity index (χ4v) is 2.46. The van der Waals surface area contributed by atoms with Gasteiger partial charge in [0.15, 0.2) is 0 Å². The van der Waals surface area contributed by atoms with Gasteiger partial charge >= 0.3 is 0 Å². The number of halogens is 1. The average Bonchev–Trinajstić information content (AvgIpc) is 2.69. The Morgan fingerprint density at radius 1 is 1.42 bits per heavy atom. The predicted octanol–water partition coefficient (Wildman–Crippen LogP) is 1.73. The summed E-state index contributed by atoms with van der Waals surface area (Å²) in [6.45, 7) is 0.346. The van der Waals surface area contributed by atoms with Crippen molar-refractivity contribution < 1.29 is 9.53 Å². The lowest BCUT2D eigenvalue weighted by atomic mass is 10.1. The highest BCUT2D eigenvalue weighted by Crippen LogP contribution is 2.26. The van der Waals surface area contributed by atoms with Crippen LogP contribution in [0.1, 0.15) is 17.0 Å². The summed E-state index contributed by atoms with van der Waals surface area (Å²) in [7, 11) is 1.59. The lowest BCUT2D eigenvalue weighted by Gasteiger charge is -2.07. The first-order chi connectivity index (χ1) is 9.19. The second kappa shape index (κ2) is 4.75. The van der Waals surface area contributed by atoms with Crippen LogP contribution in [0.5, 0.6) is 0 Å². The van der Waals surface area contributed by atoms with Crippen molar-refractivity contribution >= 4 is 17.4 Å². The first-order valence-corrected chi connectivity index (χ1v) is 6.29. The monoisotopic (exact) mass is 277 g/mol. The molecule has 3 rings (SSSR count). The normalized spacial score (nSPS) is 13.9. The van der Waals surface area contributed by atoms with Gasteiger partial charge < -0.3 is 4.74 Å². The maximum absolute atomic E-state index is 12.0. The van der Waals surface area contributed by atoms with Crippen molar-refractivity contribution in [2.75, 3.05) is 7.11 Å². The largest absolute Gasteiger partial charge is 0.378 e. The number of benzene rings is 1. The van der Waals surface area contributed by atoms with E-state index in [0.717, 1.165) is 16.9 Å². The van der Waals surface area contributed by atoms with E-state index in [0.29, 0.717) is 30.2 Å². The highest BCUT2D eigenvalue weighted by Gasteiger charge is 2.23. The zero-order valence-corrected chi connectivity index (χ0v) is 11.1. The van der Waals surface area contributed by atoms with E-state index in [1.165, 1.54) is 0 Å². The molecule has 0 N–H and O–H groups in total. The lowest BCUT2D eigenvalue weighted by Crippen LogP contribution is -2.07. The summed E-state index contributed by atoms with van der Waals surface area (Å²) in [5, 5.41) is 8.83. The summed E-state index contributed by atoms with van der Waals surface area (Å²) >= 11 is 6.03. The molecule has 19 heavy (non-hydrogen) atoms. The highest BCUT2D eigenvalue weighted by molar-refractivity contribution is 6.30. The van der Waals surface area contributed by atoms with Crippen LogP contribution >= 0.6 is 11.6 Å². The minimum absolute atomic E-state index is 0.141. The van der Waals surface area contributed by atoms with E-state index < -0.39 is 0 Å². The molecule has 0 saturated heterocycles. The number of carbonyl (C=O) groups is 1. The van der Waals surface area contributed by atoms with Crippen molar-refractivity contribution in [3.8, 4) is 5.69 Å². The molecular formula is C13H12ClN3O2. The van der Waals surface area contributed by atoms with Gasteiger partial charge in [-0.2, -0.15) is 0 Å². The summed E-state index contributed by atoms with van der Waals surface area (Å²) in [5.74, 6) is 0.141. The van der Waals surface area contributed by atoms with Crippen LogP contribution in [-0.4, -0.2) is 27.9 Å². The molecule has 0 spiro atoms. The maximum Gasteiger partial charge on any atom is 0.143 e. The highest BCUT2D eigenvalue weighted by atomic mass is 35.5. The number of rotatable bonds is 2. The second-order valence-electron chi connectivity index (χ2n) is 4.49. The Hall–Kier alpha value is -1.72. The molecule has 0 atom stereocenters. The van der Waals surface area contributed by atoms with Gasteiger partial charge in [0.1, 0.15) is 11.5 Å². The first-order valence-electron chi connectivity index (χ1n) is 5.92. The number of methoxy groups -OCH3 is 1. The number of ether oxygens (including phenoxy) is 1. The molecule has 0 saturated carbocycles. The third-order valence-electron chi connectivity index (χ3n) is 3.15. The van der Waals surface area contributed by atoms with Gasteiger partial charge in [0, 0.05) is 18.6 Å². The minimum atomic E-state index is 0.141. The van der Waals surface area contributed by atoms with Gasteiger partial charge in [-0.15, -0.1) is 5.10 Å². The quantitative estimate of drug-likeness (QED) is 0.839. The van der Waals surface area contributed by atoms with Crippen molar-refractivity contribution in [1.29, 1.82) is 0 Å². The Balaban J connectivity index is 2.20. The molecule has 2 heterocycles. The summed E-state index contributed by atoms with van der Waals surface area (Å²) < 4.78 is 6.78. The Morgan fingerprint density at radius 3 is 3.05 bits per heavy atom. The Kier molecular flexibility index (Phi) is 3.08. The molecule has 0 bridgehead atoms. The predicted molar refractivity (Wildman–Crippen MR) is 69.5 cm³/mol. The summed E-state index contributed by atoms with van der Waals surface area (Å²) in [5.41, 5.74) is 3.22. The number of aromatic nitrogens is 3. The topological polar surface area (TPSA) is 57.0 Å². The molecule has 1 aliphatic rings. The molecule has 0 unspecified atom stereocenters. The third-order valence-corrected chi connectivity index (χ3v) is 3.39. The Bertz CT molecular complexity index is 651. The van der Waals surface area contributed by atoms with E-state index in [1.807, 2.05) is 12.1 Å². The van der Waals surface area contributed by atoms with Gasteiger partial charge in [-0.1, -0.05) is 22.9 Å². The third kappa shape index (κ3) is 2.15. The number of hydrogen-bond acceptors (Lipinski definition) is 4. The maximum atomic E-state index is 12.0. The van der Waals surface area contributed by atoms with Crippen LogP contribution < -0.4 is 0 Å². The van der Waals surface area contributed by atoms with E-state index in [2.05, 4.69) is 10.3 Å². The van der Waals surface area contributed by atoms with Gasteiger partial charge in [-0.3, -0.25) is 4.79 Å². The molecule has 1 aromatic heterocycles. The number of ketones is 1. The number of nitrogens with zero attached hydrogens (tertiary/aromatic N) is 3. The standard InChI is InChI=1S/C13H12ClN3O2/c1-19-7-11-13-6-10(18)4-8-2-3-9(14)5-12(8)17(13)16-15-11/h2-3,5H,4,6-7H2,1H3. The molecule has 0 amide bonds. The van der Waals surface area contributed by atoms with Crippen LogP contribution in [0, 0.1) is 0 Å². The summed E-state index contributed by atoms with van der Waals surface area (Å²) in [6, 6.07) is 5.46. The molecule has 98 valence electrons. The van der Waals surface area contributed by atoms with Gasteiger partial charge in [0.05, 0.1) is 24.4 Å². The van der Waals surface area contributed by atoms with Crippen LogP contribution in [-0.2, 0) is 29.0 Å². The van der Waals surface area contributed by atoms with Crippen molar-refractivity contribution in [3.05, 3.63) is 40.2 Å². The average molecular weight is 278 g/mol. The van der Waals surface area contributed by atoms with Crippen LogP contribution in [0.25, 0.3) is 5.69 Å². The van der Waals surface area contributed by atoms with Gasteiger partial charge in [0.25, 0.3) is 0 Å². The van der Waals surface area contributed by atoms with Crippen LogP contribution in [0.2, 0.25) is 5.02 Å². The fourth-order valence-electron chi connectivity index (χ4n) is 2.30. The number of Topliss-reactive ketones (excluding diaryl/α,β-unsaturated/α-hetero) is 1. The van der Waals surface area contributed by atoms with Crippen LogP contribution in [0.3, 0.4) is 0 Å². The lowest BCUT2D eigenvalue weighted by molar-refractivity contribution is -0.117. The molecule has 1 aromatic carbocycles. The zero-order chi connectivity index (χ0) is 13.4. The smallest absolute Gasteiger partial charge is 0.143 e. The molecule has 5 nitrogen and oxygen atoms in total. The number of carbonyl (C=O) groups excluding carboxylic acids is 1. The van der Waals surface area contributed by atoms with Crippen LogP contribution in [0.15, 0.2) is 18.2 Å². The Morgan fingerprint density at radius 2 is 2.26 bits per heavy atom. The van der Waals surface area contributed by atoms with Gasteiger partial charge in [0.2, 0.25) is 0 Å². The molecule has 0 radical (unpaired) electrons. The van der Waals surface area contributed by atoms with Crippen molar-refractivity contribution in [1.82, 2.24) is 15.0 Å². The van der Waals surface area contributed by atoms with E-state index in [1.54, 1.807) is 17.9 Å². The van der Waals surface area contributed by atoms with E-state index in [9.17, 15) is 4.79 Å². The molecular weight excluding hydrogens is 266 g/mol. The van der Waals surface area contributed by atoms with Gasteiger partial charge in [-0.25, -0.2) is 4.68 Å². The van der Waals surface area contributed by atoms with Crippen molar-refractivity contribution in [2.24, 2.45) is 0 Å². The number of hydrogen-bond donors (Lipinski definition) is 0. The first kappa shape index (κ1) is 12.3. The minimum Gasteiger partial charge on any atom is -0.378 e. The van der Waals surface area contributed by atoms with E-state index in [4.69, 9.17) is 16.3 Å². The number of fused-ring (bicyclic) bond motifs is 3. The molecule has 0 fully saturated rings. The van der Waals surface area contributed by atoms with Crippen LogP contribution in [0.4, 0.5) is 0 Å². The van der Waals surface area contributed by atoms with Crippen molar-refractivity contribution in [3.63, 3.8) is 0 Å². The Labute approximate surface area is 115 Å². The molecule has 1 aliphatic heterocycles. The van der Waals surface area contributed by atoms with E-state index >= 15 is 0 Å². The van der Waals surface area contributed by atoms with Crippen molar-refractivity contribution in [2.45, 2.75) is 19.4 Å². The van der Waals surface area contributed by atoms with E-state index in [-0.39, 0.29) is 5.78 Å². The fraction of sp³-hybridized carbons (Fsp3) is 0.308. The molecule has 6 heteroatoms. The summed E-state index contributed by atoms with van der Waals surface area (Å²) in [6.07, 6.45) is 0.709.